The highest BCUT2D eigenvalue weighted by Gasteiger charge is 2.62. The first kappa shape index (κ1) is 26.7. The topological polar surface area (TPSA) is 78.9 Å². The molecular formula is C31H42O6S. The fraction of sp³-hybridized carbons (Fsp3) is 0.710. The molecule has 1 spiro atoms. The predicted octanol–water partition coefficient (Wildman–Crippen LogP) is 5.98. The van der Waals surface area contributed by atoms with Gasteiger partial charge < -0.3 is 9.47 Å². The maximum atomic E-state index is 13.4. The molecule has 6 nitrogen and oxygen atoms in total. The van der Waals surface area contributed by atoms with Crippen LogP contribution in [-0.4, -0.2) is 39.8 Å². The molecule has 6 rings (SSSR count). The molecule has 0 amide bonds. The summed E-state index contributed by atoms with van der Waals surface area (Å²) < 4.78 is 42.8. The minimum Gasteiger partial charge on any atom is -0.347 e. The first-order chi connectivity index (χ1) is 18.1. The van der Waals surface area contributed by atoms with Crippen molar-refractivity contribution in [3.8, 4) is 0 Å². The van der Waals surface area contributed by atoms with Crippen molar-refractivity contribution in [2.24, 2.45) is 34.5 Å². The van der Waals surface area contributed by atoms with Gasteiger partial charge in [0.05, 0.1) is 24.7 Å². The van der Waals surface area contributed by atoms with Crippen molar-refractivity contribution in [1.82, 2.24) is 0 Å². The zero-order valence-corrected chi connectivity index (χ0v) is 23.9. The van der Waals surface area contributed by atoms with Crippen LogP contribution in [0.5, 0.6) is 0 Å². The van der Waals surface area contributed by atoms with Gasteiger partial charge in [-0.2, -0.15) is 8.42 Å². The SMILES string of the molecule is Cc1ccc(S(=O)(=O)OCCC[C@H]2CC(=O)[C@@]3(C)CCC4C(CC=C5CC6(CC[C@@]54C)OCCO6)C23)cc1. The molecule has 4 aliphatic carbocycles. The molecule has 1 heterocycles. The van der Waals surface area contributed by atoms with Crippen molar-refractivity contribution in [2.45, 2.75) is 89.2 Å². The van der Waals surface area contributed by atoms with E-state index in [1.165, 1.54) is 5.57 Å². The highest BCUT2D eigenvalue weighted by Crippen LogP contribution is 2.66. The van der Waals surface area contributed by atoms with Crippen molar-refractivity contribution in [2.75, 3.05) is 19.8 Å². The van der Waals surface area contributed by atoms with Crippen molar-refractivity contribution in [3.05, 3.63) is 41.5 Å². The third-order valence-electron chi connectivity index (χ3n) is 11.0. The van der Waals surface area contributed by atoms with Gasteiger partial charge in [0, 0.05) is 24.7 Å². The van der Waals surface area contributed by atoms with Crippen LogP contribution in [0.25, 0.3) is 0 Å². The Morgan fingerprint density at radius 1 is 1.03 bits per heavy atom. The summed E-state index contributed by atoms with van der Waals surface area (Å²) in [6, 6.07) is 6.76. The van der Waals surface area contributed by atoms with Gasteiger partial charge in [-0.15, -0.1) is 0 Å². The number of ether oxygens (including phenoxy) is 2. The predicted molar refractivity (Wildman–Crippen MR) is 144 cm³/mol. The lowest BCUT2D eigenvalue weighted by Crippen LogP contribution is -2.53. The molecule has 0 radical (unpaired) electrons. The number of hydrogen-bond acceptors (Lipinski definition) is 6. The Kier molecular flexibility index (Phi) is 6.69. The average Bonchev–Trinajstić information content (AvgIpc) is 3.44. The lowest BCUT2D eigenvalue weighted by Gasteiger charge is -2.58. The molecule has 3 saturated carbocycles. The van der Waals surface area contributed by atoms with Crippen LogP contribution in [0.4, 0.5) is 0 Å². The summed E-state index contributed by atoms with van der Waals surface area (Å²) in [6.45, 7) is 8.13. The largest absolute Gasteiger partial charge is 0.347 e. The Morgan fingerprint density at radius 2 is 1.76 bits per heavy atom. The molecule has 38 heavy (non-hydrogen) atoms. The summed E-state index contributed by atoms with van der Waals surface area (Å²) in [7, 11) is -3.76. The second-order valence-corrected chi connectivity index (χ2v) is 14.7. The van der Waals surface area contributed by atoms with E-state index in [4.69, 9.17) is 13.7 Å². The van der Waals surface area contributed by atoms with Gasteiger partial charge >= 0.3 is 0 Å². The van der Waals surface area contributed by atoms with Crippen LogP contribution in [0, 0.1) is 41.4 Å². The van der Waals surface area contributed by atoms with E-state index in [9.17, 15) is 13.2 Å². The molecule has 6 atom stereocenters. The molecule has 208 valence electrons. The Balaban J connectivity index is 1.15. The molecule has 1 aromatic rings. The van der Waals surface area contributed by atoms with E-state index in [1.807, 2.05) is 6.92 Å². The monoisotopic (exact) mass is 542 g/mol. The summed E-state index contributed by atoms with van der Waals surface area (Å²) in [5.74, 6) is 1.72. The van der Waals surface area contributed by atoms with Crippen molar-refractivity contribution < 1.29 is 26.9 Å². The average molecular weight is 543 g/mol. The quantitative estimate of drug-likeness (QED) is 0.250. The molecule has 0 N–H and O–H groups in total. The van der Waals surface area contributed by atoms with Gasteiger partial charge in [0.15, 0.2) is 5.79 Å². The number of benzene rings is 1. The van der Waals surface area contributed by atoms with Gasteiger partial charge in [-0.25, -0.2) is 0 Å². The summed E-state index contributed by atoms with van der Waals surface area (Å²) in [4.78, 5) is 13.6. The maximum absolute atomic E-state index is 13.4. The Bertz CT molecular complexity index is 1210. The van der Waals surface area contributed by atoms with Gasteiger partial charge in [0.1, 0.15) is 5.78 Å². The smallest absolute Gasteiger partial charge is 0.296 e. The van der Waals surface area contributed by atoms with E-state index in [0.717, 1.165) is 50.5 Å². The van der Waals surface area contributed by atoms with Gasteiger partial charge in [-0.1, -0.05) is 43.2 Å². The van der Waals surface area contributed by atoms with E-state index >= 15 is 0 Å². The number of carbonyl (C=O) groups excluding carboxylic acids is 1. The third kappa shape index (κ3) is 4.32. The lowest BCUT2D eigenvalue weighted by atomic mass is 9.47. The molecule has 4 fully saturated rings. The number of carbonyl (C=O) groups is 1. The van der Waals surface area contributed by atoms with Crippen LogP contribution in [0.15, 0.2) is 40.8 Å². The molecule has 1 saturated heterocycles. The lowest BCUT2D eigenvalue weighted by molar-refractivity contribution is -0.185. The number of allylic oxidation sites excluding steroid dienone is 1. The Morgan fingerprint density at radius 3 is 2.50 bits per heavy atom. The molecule has 1 aliphatic heterocycles. The van der Waals surface area contributed by atoms with E-state index < -0.39 is 15.9 Å². The van der Waals surface area contributed by atoms with E-state index in [1.54, 1.807) is 24.3 Å². The number of ketones is 1. The van der Waals surface area contributed by atoms with E-state index in [0.29, 0.717) is 55.5 Å². The van der Waals surface area contributed by atoms with E-state index in [2.05, 4.69) is 19.9 Å². The first-order valence-electron chi connectivity index (χ1n) is 14.5. The zero-order valence-electron chi connectivity index (χ0n) is 23.0. The molecule has 3 unspecified atom stereocenters. The summed E-state index contributed by atoms with van der Waals surface area (Å²) in [6.07, 6.45) is 10.6. The van der Waals surface area contributed by atoms with Crippen LogP contribution in [0.2, 0.25) is 0 Å². The second kappa shape index (κ2) is 9.53. The number of hydrogen-bond donors (Lipinski definition) is 0. The normalized spacial score (nSPS) is 38.0. The van der Waals surface area contributed by atoms with Gasteiger partial charge in [-0.05, 0) is 86.7 Å². The van der Waals surface area contributed by atoms with Crippen LogP contribution < -0.4 is 0 Å². The first-order valence-corrected chi connectivity index (χ1v) is 15.9. The third-order valence-corrected chi connectivity index (χ3v) is 12.4. The number of fused-ring (bicyclic) bond motifs is 5. The Hall–Kier alpha value is -1.54. The standard InChI is InChI=1S/C31H42O6S/c1-21-6-9-24(10-7-21)38(33,34)37-16-4-5-22-19-27(32)30(3)13-12-26-25(28(22)30)11-8-23-20-31(35-17-18-36-31)15-14-29(23,26)2/h6-10,22,25-26,28H,4-5,11-20H2,1-3H3/t22-,25?,26?,28?,29-,30+/m0/s1. The van der Waals surface area contributed by atoms with Gasteiger partial charge in [-0.3, -0.25) is 8.98 Å². The molecule has 7 heteroatoms. The minimum absolute atomic E-state index is 0.145. The number of Topliss-reactive ketones (excluding diaryl/α,β-unsaturated/α-hetero) is 1. The van der Waals surface area contributed by atoms with Crippen LogP contribution in [0.3, 0.4) is 0 Å². The summed E-state index contributed by atoms with van der Waals surface area (Å²) >= 11 is 0. The summed E-state index contributed by atoms with van der Waals surface area (Å²) in [5.41, 5.74) is 2.41. The fourth-order valence-electron chi connectivity index (χ4n) is 8.96. The number of rotatable bonds is 6. The van der Waals surface area contributed by atoms with E-state index in [-0.39, 0.29) is 22.3 Å². The molecule has 1 aromatic carbocycles. The Labute approximate surface area is 227 Å². The van der Waals surface area contributed by atoms with Gasteiger partial charge in [0.25, 0.3) is 10.1 Å². The molecule has 5 aliphatic rings. The second-order valence-electron chi connectivity index (χ2n) is 13.0. The van der Waals surface area contributed by atoms with Gasteiger partial charge in [0.2, 0.25) is 0 Å². The summed E-state index contributed by atoms with van der Waals surface area (Å²) in [5, 5.41) is 0. The highest BCUT2D eigenvalue weighted by molar-refractivity contribution is 7.86. The number of aryl methyl sites for hydroxylation is 1. The zero-order chi connectivity index (χ0) is 26.8. The molecule has 0 bridgehead atoms. The van der Waals surface area contributed by atoms with Crippen LogP contribution in [0.1, 0.15) is 77.2 Å². The van der Waals surface area contributed by atoms with Crippen molar-refractivity contribution >= 4 is 15.9 Å². The van der Waals surface area contributed by atoms with Crippen LogP contribution in [-0.2, 0) is 28.6 Å². The molecule has 0 aromatic heterocycles. The highest BCUT2D eigenvalue weighted by atomic mass is 32.2. The van der Waals surface area contributed by atoms with Crippen LogP contribution >= 0.6 is 0 Å². The maximum Gasteiger partial charge on any atom is 0.296 e. The fourth-order valence-corrected chi connectivity index (χ4v) is 9.91. The minimum atomic E-state index is -3.76. The van der Waals surface area contributed by atoms with Crippen molar-refractivity contribution in [1.29, 1.82) is 0 Å². The molecular weight excluding hydrogens is 500 g/mol. The van der Waals surface area contributed by atoms with Crippen molar-refractivity contribution in [3.63, 3.8) is 0 Å².